The molecule has 0 aromatic heterocycles. The molecule has 1 heterocycles. The maximum absolute atomic E-state index is 10.5. The molecule has 2 nitrogen and oxygen atoms in total. The van der Waals surface area contributed by atoms with Gasteiger partial charge in [-0.05, 0) is 41.7 Å². The molecule has 0 amide bonds. The summed E-state index contributed by atoms with van der Waals surface area (Å²) in [6.07, 6.45) is 0.943. The van der Waals surface area contributed by atoms with Gasteiger partial charge in [0.15, 0.2) is 0 Å². The van der Waals surface area contributed by atoms with E-state index in [2.05, 4.69) is 79.8 Å². The Labute approximate surface area is 149 Å². The Kier molecular flexibility index (Phi) is 3.76. The summed E-state index contributed by atoms with van der Waals surface area (Å²) in [6, 6.07) is 25.1. The molecule has 126 valence electrons. The molecular formula is C23H23NO. The van der Waals surface area contributed by atoms with E-state index < -0.39 is 0 Å². The Bertz CT molecular complexity index is 903. The zero-order valence-electron chi connectivity index (χ0n) is 14.7. The molecule has 1 aliphatic heterocycles. The van der Waals surface area contributed by atoms with Gasteiger partial charge in [0, 0.05) is 5.41 Å². The molecule has 2 heteroatoms. The first kappa shape index (κ1) is 15.8. The van der Waals surface area contributed by atoms with Crippen LogP contribution in [-0.4, -0.2) is 5.11 Å². The number of fused-ring (bicyclic) bond motifs is 1. The van der Waals surface area contributed by atoms with Gasteiger partial charge in [-0.3, -0.25) is 0 Å². The number of para-hydroxylation sites is 1. The second-order valence-electron chi connectivity index (χ2n) is 7.16. The van der Waals surface area contributed by atoms with Crippen molar-refractivity contribution in [2.75, 3.05) is 5.32 Å². The van der Waals surface area contributed by atoms with Crippen molar-refractivity contribution in [3.8, 4) is 5.75 Å². The predicted molar refractivity (Wildman–Crippen MR) is 103 cm³/mol. The van der Waals surface area contributed by atoms with Crippen molar-refractivity contribution in [1.29, 1.82) is 0 Å². The third kappa shape index (κ3) is 2.58. The molecule has 4 rings (SSSR count). The van der Waals surface area contributed by atoms with Crippen LogP contribution in [0.1, 0.15) is 41.6 Å². The highest BCUT2D eigenvalue weighted by atomic mass is 16.3. The number of hydrogen-bond acceptors (Lipinski definition) is 2. The molecule has 25 heavy (non-hydrogen) atoms. The summed E-state index contributed by atoms with van der Waals surface area (Å²) in [5.41, 5.74) is 5.69. The average Bonchev–Trinajstić information content (AvgIpc) is 2.64. The molecule has 2 atom stereocenters. The second kappa shape index (κ2) is 5.96. The van der Waals surface area contributed by atoms with E-state index in [1.165, 1.54) is 16.7 Å². The number of aromatic hydroxyl groups is 1. The van der Waals surface area contributed by atoms with Crippen LogP contribution in [0.4, 0.5) is 5.69 Å². The normalized spacial score (nSPS) is 22.1. The Balaban J connectivity index is 1.90. The summed E-state index contributed by atoms with van der Waals surface area (Å²) in [5, 5.41) is 14.1. The lowest BCUT2D eigenvalue weighted by molar-refractivity contribution is 0.438. The van der Waals surface area contributed by atoms with E-state index in [1.807, 2.05) is 6.07 Å². The maximum atomic E-state index is 10.5. The highest BCUT2D eigenvalue weighted by Crippen LogP contribution is 2.50. The lowest BCUT2D eigenvalue weighted by Crippen LogP contribution is -2.34. The number of aryl methyl sites for hydroxylation is 1. The molecule has 0 fully saturated rings. The molecule has 0 bridgehead atoms. The fraction of sp³-hybridized carbons (Fsp3) is 0.217. The summed E-state index contributed by atoms with van der Waals surface area (Å²) < 4.78 is 0. The Hall–Kier alpha value is -2.74. The van der Waals surface area contributed by atoms with Crippen molar-refractivity contribution in [1.82, 2.24) is 0 Å². The van der Waals surface area contributed by atoms with Crippen LogP contribution in [-0.2, 0) is 5.41 Å². The highest BCUT2D eigenvalue weighted by molar-refractivity contribution is 5.68. The van der Waals surface area contributed by atoms with Crippen LogP contribution >= 0.6 is 0 Å². The number of phenols is 1. The van der Waals surface area contributed by atoms with Gasteiger partial charge in [-0.25, -0.2) is 0 Å². The van der Waals surface area contributed by atoms with Crippen LogP contribution in [0, 0.1) is 6.92 Å². The molecule has 0 radical (unpaired) electrons. The minimum absolute atomic E-state index is 0.159. The number of hydrogen-bond donors (Lipinski definition) is 2. The predicted octanol–water partition coefficient (Wildman–Crippen LogP) is 5.56. The van der Waals surface area contributed by atoms with Crippen molar-refractivity contribution in [2.24, 2.45) is 0 Å². The number of rotatable bonds is 2. The van der Waals surface area contributed by atoms with Crippen LogP contribution in [0.2, 0.25) is 0 Å². The quantitative estimate of drug-likeness (QED) is 0.603. The largest absolute Gasteiger partial charge is 0.506 e. The average molecular weight is 329 g/mol. The zero-order valence-corrected chi connectivity index (χ0v) is 14.7. The third-order valence-corrected chi connectivity index (χ3v) is 5.54. The van der Waals surface area contributed by atoms with E-state index in [9.17, 15) is 5.11 Å². The van der Waals surface area contributed by atoms with Crippen molar-refractivity contribution in [2.45, 2.75) is 31.7 Å². The third-order valence-electron chi connectivity index (χ3n) is 5.54. The fourth-order valence-electron chi connectivity index (χ4n) is 4.14. The van der Waals surface area contributed by atoms with E-state index in [0.29, 0.717) is 5.75 Å². The Morgan fingerprint density at radius 2 is 1.64 bits per heavy atom. The molecule has 0 unspecified atom stereocenters. The van der Waals surface area contributed by atoms with Gasteiger partial charge < -0.3 is 10.4 Å². The molecule has 0 saturated heterocycles. The molecule has 3 aromatic rings. The summed E-state index contributed by atoms with van der Waals surface area (Å²) in [6.45, 7) is 4.43. The minimum atomic E-state index is -0.159. The van der Waals surface area contributed by atoms with Crippen LogP contribution in [0.5, 0.6) is 5.75 Å². The lowest BCUT2D eigenvalue weighted by Gasteiger charge is -2.42. The number of anilines is 1. The van der Waals surface area contributed by atoms with Crippen LogP contribution in [0.3, 0.4) is 0 Å². The summed E-state index contributed by atoms with van der Waals surface area (Å²) >= 11 is 0. The van der Waals surface area contributed by atoms with Gasteiger partial charge >= 0.3 is 0 Å². The molecule has 0 spiro atoms. The highest BCUT2D eigenvalue weighted by Gasteiger charge is 2.39. The van der Waals surface area contributed by atoms with Gasteiger partial charge in [0.25, 0.3) is 0 Å². The van der Waals surface area contributed by atoms with Gasteiger partial charge in [0.1, 0.15) is 5.75 Å². The summed E-state index contributed by atoms with van der Waals surface area (Å²) in [7, 11) is 0. The molecule has 0 saturated carbocycles. The van der Waals surface area contributed by atoms with E-state index in [1.54, 1.807) is 6.07 Å². The number of benzene rings is 3. The monoisotopic (exact) mass is 329 g/mol. The number of phenolic OH excluding ortho intramolecular Hbond substituents is 1. The van der Waals surface area contributed by atoms with Crippen molar-refractivity contribution in [3.63, 3.8) is 0 Å². The van der Waals surface area contributed by atoms with Gasteiger partial charge in [0.2, 0.25) is 0 Å². The molecule has 2 N–H and O–H groups in total. The molecule has 3 aromatic carbocycles. The van der Waals surface area contributed by atoms with Crippen molar-refractivity contribution in [3.05, 3.63) is 95.1 Å². The Morgan fingerprint density at radius 1 is 0.920 bits per heavy atom. The molecule has 0 aliphatic carbocycles. The first-order valence-corrected chi connectivity index (χ1v) is 8.79. The summed E-state index contributed by atoms with van der Waals surface area (Å²) in [5.74, 6) is 0.318. The van der Waals surface area contributed by atoms with Gasteiger partial charge in [0.05, 0.1) is 11.7 Å². The topological polar surface area (TPSA) is 32.3 Å². The molecular weight excluding hydrogens is 306 g/mol. The van der Waals surface area contributed by atoms with Gasteiger partial charge in [-0.1, -0.05) is 73.7 Å². The fourth-order valence-corrected chi connectivity index (χ4v) is 4.14. The first-order valence-electron chi connectivity index (χ1n) is 8.79. The zero-order chi connectivity index (χ0) is 17.4. The van der Waals surface area contributed by atoms with E-state index in [4.69, 9.17) is 0 Å². The van der Waals surface area contributed by atoms with Crippen LogP contribution in [0.25, 0.3) is 0 Å². The molecule has 1 aliphatic rings. The van der Waals surface area contributed by atoms with E-state index >= 15 is 0 Å². The SMILES string of the molecule is Cc1ccccc1[C@@H]1C[C@@](C)(c2ccccc2)c2cccc(O)c2N1. The van der Waals surface area contributed by atoms with Crippen molar-refractivity contribution >= 4 is 5.69 Å². The van der Waals surface area contributed by atoms with Crippen LogP contribution in [0.15, 0.2) is 72.8 Å². The van der Waals surface area contributed by atoms with Gasteiger partial charge in [-0.2, -0.15) is 0 Å². The first-order chi connectivity index (χ1) is 12.1. The second-order valence-corrected chi connectivity index (χ2v) is 7.16. The maximum Gasteiger partial charge on any atom is 0.139 e. The number of nitrogens with one attached hydrogen (secondary N) is 1. The van der Waals surface area contributed by atoms with E-state index in [0.717, 1.165) is 17.7 Å². The standard InChI is InChI=1S/C23H23NO/c1-16-9-6-7-12-18(16)20-15-23(2,17-10-4-3-5-11-17)19-13-8-14-21(25)22(19)24-20/h3-14,20,24-25H,15H2,1-2H3/t20-,23-/m0/s1. The van der Waals surface area contributed by atoms with Crippen LogP contribution < -0.4 is 5.32 Å². The summed E-state index contributed by atoms with van der Waals surface area (Å²) in [4.78, 5) is 0. The van der Waals surface area contributed by atoms with Crippen molar-refractivity contribution < 1.29 is 5.11 Å². The van der Waals surface area contributed by atoms with E-state index in [-0.39, 0.29) is 11.5 Å². The smallest absolute Gasteiger partial charge is 0.139 e. The lowest BCUT2D eigenvalue weighted by atomic mass is 9.68. The Morgan fingerprint density at radius 3 is 2.40 bits per heavy atom. The van der Waals surface area contributed by atoms with Gasteiger partial charge in [-0.15, -0.1) is 0 Å². The minimum Gasteiger partial charge on any atom is -0.506 e.